The second-order valence-electron chi connectivity index (χ2n) is 6.81. The molecule has 0 spiro atoms. The summed E-state index contributed by atoms with van der Waals surface area (Å²) in [5.41, 5.74) is 0.615. The Balaban J connectivity index is 1.88. The van der Waals surface area contributed by atoms with Crippen LogP contribution in [0.5, 0.6) is 0 Å². The van der Waals surface area contributed by atoms with Crippen molar-refractivity contribution in [2.75, 3.05) is 19.6 Å². The molecular weight excluding hydrogens is 308 g/mol. The van der Waals surface area contributed by atoms with E-state index in [9.17, 15) is 14.4 Å². The van der Waals surface area contributed by atoms with Crippen LogP contribution in [0.25, 0.3) is 0 Å². The average molecular weight is 334 g/mol. The molecule has 2 rings (SSSR count). The highest BCUT2D eigenvalue weighted by Gasteiger charge is 2.25. The largest absolute Gasteiger partial charge is 0.427 e. The number of likely N-dealkylation sites (tertiary alicyclic amines) is 1. The normalized spacial score (nSPS) is 15.6. The first-order chi connectivity index (χ1) is 11.3. The van der Waals surface area contributed by atoms with Gasteiger partial charge in [-0.2, -0.15) is 0 Å². The van der Waals surface area contributed by atoms with E-state index in [1.807, 2.05) is 18.7 Å². The molecular formula is C18H26N2O4. The third kappa shape index (κ3) is 4.24. The van der Waals surface area contributed by atoms with Gasteiger partial charge in [0, 0.05) is 31.6 Å². The predicted octanol–water partition coefficient (Wildman–Crippen LogP) is 1.88. The van der Waals surface area contributed by atoms with Gasteiger partial charge in [-0.3, -0.25) is 9.59 Å². The molecule has 1 aliphatic rings. The second kappa shape index (κ2) is 7.64. The number of hydrogen-bond donors (Lipinski definition) is 1. The molecule has 6 nitrogen and oxygen atoms in total. The van der Waals surface area contributed by atoms with Crippen molar-refractivity contribution in [2.45, 2.75) is 40.5 Å². The Kier molecular flexibility index (Phi) is 5.80. The standard InChI is InChI=1S/C18H26N2O4/c1-11(2)18(23)20-7-5-14(6-8-20)10-19-17(22)16-12(3)9-15(21)24-13(16)4/h9,11,14H,5-8,10H2,1-4H3,(H,19,22). The number of hydrogen-bond acceptors (Lipinski definition) is 4. The maximum atomic E-state index is 12.4. The van der Waals surface area contributed by atoms with Gasteiger partial charge in [-0.25, -0.2) is 4.79 Å². The van der Waals surface area contributed by atoms with Crippen molar-refractivity contribution in [3.05, 3.63) is 33.4 Å². The summed E-state index contributed by atoms with van der Waals surface area (Å²) in [4.78, 5) is 37.5. The SMILES string of the molecule is Cc1cc(=O)oc(C)c1C(=O)NCC1CCN(C(=O)C(C)C)CC1. The van der Waals surface area contributed by atoms with E-state index in [2.05, 4.69) is 5.32 Å². The molecule has 0 saturated carbocycles. The van der Waals surface area contributed by atoms with Crippen molar-refractivity contribution in [3.8, 4) is 0 Å². The third-order valence-electron chi connectivity index (χ3n) is 4.53. The molecule has 24 heavy (non-hydrogen) atoms. The Morgan fingerprint density at radius 3 is 2.46 bits per heavy atom. The van der Waals surface area contributed by atoms with Crippen LogP contribution < -0.4 is 10.9 Å². The number of aryl methyl sites for hydroxylation is 2. The van der Waals surface area contributed by atoms with Gasteiger partial charge in [0.25, 0.3) is 5.91 Å². The van der Waals surface area contributed by atoms with E-state index in [0.717, 1.165) is 25.9 Å². The summed E-state index contributed by atoms with van der Waals surface area (Å²) >= 11 is 0. The Hall–Kier alpha value is -2.11. The summed E-state index contributed by atoms with van der Waals surface area (Å²) in [6.07, 6.45) is 1.78. The molecule has 2 heterocycles. The van der Waals surface area contributed by atoms with Gasteiger partial charge >= 0.3 is 5.63 Å². The molecule has 0 aromatic carbocycles. The van der Waals surface area contributed by atoms with Gasteiger partial charge < -0.3 is 14.6 Å². The molecule has 1 N–H and O–H groups in total. The molecule has 132 valence electrons. The number of piperidine rings is 1. The van der Waals surface area contributed by atoms with Gasteiger partial charge in [0.2, 0.25) is 5.91 Å². The van der Waals surface area contributed by atoms with Crippen LogP contribution in [0, 0.1) is 25.7 Å². The lowest BCUT2D eigenvalue weighted by Gasteiger charge is -2.33. The minimum absolute atomic E-state index is 0.0277. The zero-order valence-electron chi connectivity index (χ0n) is 14.8. The van der Waals surface area contributed by atoms with Crippen molar-refractivity contribution < 1.29 is 14.0 Å². The second-order valence-corrected chi connectivity index (χ2v) is 6.81. The summed E-state index contributed by atoms with van der Waals surface area (Å²) in [5.74, 6) is 0.716. The van der Waals surface area contributed by atoms with Gasteiger partial charge in [0.05, 0.1) is 5.56 Å². The summed E-state index contributed by atoms with van der Waals surface area (Å²) in [6, 6.07) is 1.33. The fraction of sp³-hybridized carbons (Fsp3) is 0.611. The van der Waals surface area contributed by atoms with Crippen molar-refractivity contribution in [1.29, 1.82) is 0 Å². The zero-order chi connectivity index (χ0) is 17.9. The molecule has 1 aliphatic heterocycles. The Morgan fingerprint density at radius 1 is 1.29 bits per heavy atom. The highest BCUT2D eigenvalue weighted by molar-refractivity contribution is 5.96. The number of carbonyl (C=O) groups excluding carboxylic acids is 2. The predicted molar refractivity (Wildman–Crippen MR) is 90.9 cm³/mol. The quantitative estimate of drug-likeness (QED) is 0.912. The van der Waals surface area contributed by atoms with Crippen LogP contribution in [-0.4, -0.2) is 36.3 Å². The molecule has 0 unspecified atom stereocenters. The third-order valence-corrected chi connectivity index (χ3v) is 4.53. The molecule has 1 fully saturated rings. The van der Waals surface area contributed by atoms with E-state index in [1.54, 1.807) is 13.8 Å². The minimum Gasteiger partial charge on any atom is -0.427 e. The topological polar surface area (TPSA) is 79.6 Å². The number of carbonyl (C=O) groups is 2. The van der Waals surface area contributed by atoms with E-state index in [-0.39, 0.29) is 17.7 Å². The monoisotopic (exact) mass is 334 g/mol. The van der Waals surface area contributed by atoms with E-state index < -0.39 is 5.63 Å². The smallest absolute Gasteiger partial charge is 0.336 e. The van der Waals surface area contributed by atoms with Crippen LogP contribution in [-0.2, 0) is 4.79 Å². The first-order valence-corrected chi connectivity index (χ1v) is 8.48. The van der Waals surface area contributed by atoms with Crippen LogP contribution >= 0.6 is 0 Å². The number of rotatable bonds is 4. The van der Waals surface area contributed by atoms with Gasteiger partial charge in [-0.1, -0.05) is 13.8 Å². The van der Waals surface area contributed by atoms with Crippen LogP contribution in [0.4, 0.5) is 0 Å². The molecule has 1 saturated heterocycles. The molecule has 0 aliphatic carbocycles. The first-order valence-electron chi connectivity index (χ1n) is 8.48. The molecule has 2 amide bonds. The maximum absolute atomic E-state index is 12.4. The van der Waals surface area contributed by atoms with Gasteiger partial charge in [0.15, 0.2) is 0 Å². The maximum Gasteiger partial charge on any atom is 0.336 e. The molecule has 0 radical (unpaired) electrons. The van der Waals surface area contributed by atoms with E-state index in [4.69, 9.17) is 4.42 Å². The lowest BCUT2D eigenvalue weighted by Crippen LogP contribution is -2.43. The van der Waals surface area contributed by atoms with Crippen LogP contribution in [0.3, 0.4) is 0 Å². The van der Waals surface area contributed by atoms with E-state index >= 15 is 0 Å². The molecule has 1 aromatic rings. The van der Waals surface area contributed by atoms with Crippen LogP contribution in [0.1, 0.15) is 48.4 Å². The highest BCUT2D eigenvalue weighted by atomic mass is 16.4. The van der Waals surface area contributed by atoms with Crippen molar-refractivity contribution in [1.82, 2.24) is 10.2 Å². The Morgan fingerprint density at radius 2 is 1.92 bits per heavy atom. The van der Waals surface area contributed by atoms with Crippen LogP contribution in [0.15, 0.2) is 15.3 Å². The fourth-order valence-electron chi connectivity index (χ4n) is 3.14. The molecule has 0 atom stereocenters. The van der Waals surface area contributed by atoms with E-state index in [1.165, 1.54) is 6.07 Å². The Bertz CT molecular complexity index is 644. The fourth-order valence-corrected chi connectivity index (χ4v) is 3.14. The van der Waals surface area contributed by atoms with Gasteiger partial charge in [-0.15, -0.1) is 0 Å². The summed E-state index contributed by atoms with van der Waals surface area (Å²) in [7, 11) is 0. The van der Waals surface area contributed by atoms with Crippen molar-refractivity contribution in [3.63, 3.8) is 0 Å². The molecule has 6 heteroatoms. The first kappa shape index (κ1) is 18.2. The number of nitrogens with zero attached hydrogens (tertiary/aromatic N) is 1. The van der Waals surface area contributed by atoms with Gasteiger partial charge in [-0.05, 0) is 38.2 Å². The lowest BCUT2D eigenvalue weighted by molar-refractivity contribution is -0.135. The summed E-state index contributed by atoms with van der Waals surface area (Å²) in [5, 5.41) is 2.93. The lowest BCUT2D eigenvalue weighted by atomic mass is 9.95. The summed E-state index contributed by atoms with van der Waals surface area (Å²) in [6.45, 7) is 9.25. The molecule has 1 aromatic heterocycles. The van der Waals surface area contributed by atoms with Crippen molar-refractivity contribution >= 4 is 11.8 Å². The number of nitrogens with one attached hydrogen (secondary N) is 1. The van der Waals surface area contributed by atoms with Gasteiger partial charge in [0.1, 0.15) is 5.76 Å². The zero-order valence-corrected chi connectivity index (χ0v) is 14.8. The number of amides is 2. The summed E-state index contributed by atoms with van der Waals surface area (Å²) < 4.78 is 5.00. The molecule has 0 bridgehead atoms. The van der Waals surface area contributed by atoms with Crippen molar-refractivity contribution in [2.24, 2.45) is 11.8 Å². The van der Waals surface area contributed by atoms with E-state index in [0.29, 0.717) is 29.3 Å². The highest BCUT2D eigenvalue weighted by Crippen LogP contribution is 2.18. The Labute approximate surface area is 142 Å². The minimum atomic E-state index is -0.441. The average Bonchev–Trinajstić information content (AvgIpc) is 2.51. The van der Waals surface area contributed by atoms with Crippen LogP contribution in [0.2, 0.25) is 0 Å².